The van der Waals surface area contributed by atoms with Gasteiger partial charge < -0.3 is 10.2 Å². The second-order valence-corrected chi connectivity index (χ2v) is 6.06. The largest absolute Gasteiger partial charge is 0.339 e. The zero-order valence-electron chi connectivity index (χ0n) is 12.0. The first kappa shape index (κ1) is 17.5. The Kier molecular flexibility index (Phi) is 7.00. The summed E-state index contributed by atoms with van der Waals surface area (Å²) in [5.74, 6) is 0.874. The highest BCUT2D eigenvalue weighted by Crippen LogP contribution is 2.23. The molecule has 0 bridgehead atoms. The zero-order valence-corrected chi connectivity index (χ0v) is 14.4. The molecule has 1 aliphatic rings. The molecule has 20 heavy (non-hydrogen) atoms. The number of nitrogens with zero attached hydrogens (tertiary/aromatic N) is 1. The third kappa shape index (κ3) is 3.96. The standard InChI is InChI=1S/C15H21BrN2O.ClH/c1-11-13(4-3-5-14(11)16)15(19)18-8-6-12(7-9-18)10-17-2;/h3-5,12,17H,6-10H2,1-2H3;1H. The Balaban J connectivity index is 0.00000200. The molecule has 0 aliphatic carbocycles. The van der Waals surface area contributed by atoms with Gasteiger partial charge in [-0.2, -0.15) is 0 Å². The van der Waals surface area contributed by atoms with Gasteiger partial charge in [-0.3, -0.25) is 4.79 Å². The van der Waals surface area contributed by atoms with Crippen LogP contribution < -0.4 is 5.32 Å². The molecule has 0 aromatic heterocycles. The lowest BCUT2D eigenvalue weighted by Crippen LogP contribution is -2.40. The van der Waals surface area contributed by atoms with E-state index in [0.717, 1.165) is 48.1 Å². The van der Waals surface area contributed by atoms with Gasteiger partial charge in [-0.1, -0.05) is 22.0 Å². The average Bonchev–Trinajstić information content (AvgIpc) is 2.42. The minimum atomic E-state index is 0. The first-order valence-electron chi connectivity index (χ1n) is 6.82. The lowest BCUT2D eigenvalue weighted by atomic mass is 9.96. The number of amides is 1. The second kappa shape index (κ2) is 8.01. The quantitative estimate of drug-likeness (QED) is 0.896. The van der Waals surface area contributed by atoms with Crippen LogP contribution in [0, 0.1) is 12.8 Å². The van der Waals surface area contributed by atoms with E-state index in [-0.39, 0.29) is 18.3 Å². The molecule has 1 aromatic rings. The first-order chi connectivity index (χ1) is 9.13. The number of hydrogen-bond donors (Lipinski definition) is 1. The van der Waals surface area contributed by atoms with Crippen molar-refractivity contribution in [3.63, 3.8) is 0 Å². The Bertz CT molecular complexity index is 459. The van der Waals surface area contributed by atoms with Crippen molar-refractivity contribution < 1.29 is 4.79 Å². The summed E-state index contributed by atoms with van der Waals surface area (Å²) in [6.45, 7) is 4.79. The Morgan fingerprint density at radius 2 is 2.05 bits per heavy atom. The van der Waals surface area contributed by atoms with Crippen molar-refractivity contribution in [2.45, 2.75) is 19.8 Å². The summed E-state index contributed by atoms with van der Waals surface area (Å²) >= 11 is 3.49. The molecule has 112 valence electrons. The molecule has 5 heteroatoms. The predicted octanol–water partition coefficient (Wildman–Crippen LogP) is 3.25. The summed E-state index contributed by atoms with van der Waals surface area (Å²) in [5.41, 5.74) is 1.85. The molecule has 1 aromatic carbocycles. The summed E-state index contributed by atoms with van der Waals surface area (Å²) < 4.78 is 1.00. The monoisotopic (exact) mass is 360 g/mol. The summed E-state index contributed by atoms with van der Waals surface area (Å²) in [5, 5.41) is 3.22. The van der Waals surface area contributed by atoms with Crippen LogP contribution in [0.4, 0.5) is 0 Å². The Morgan fingerprint density at radius 1 is 1.40 bits per heavy atom. The van der Waals surface area contributed by atoms with E-state index in [4.69, 9.17) is 0 Å². The van der Waals surface area contributed by atoms with Gasteiger partial charge in [-0.05, 0) is 57.0 Å². The molecular weight excluding hydrogens is 340 g/mol. The minimum absolute atomic E-state index is 0. The maximum atomic E-state index is 12.5. The zero-order chi connectivity index (χ0) is 13.8. The second-order valence-electron chi connectivity index (χ2n) is 5.21. The fraction of sp³-hybridized carbons (Fsp3) is 0.533. The fourth-order valence-corrected chi connectivity index (χ4v) is 3.00. The minimum Gasteiger partial charge on any atom is -0.339 e. The van der Waals surface area contributed by atoms with Crippen molar-refractivity contribution >= 4 is 34.2 Å². The van der Waals surface area contributed by atoms with E-state index in [1.165, 1.54) is 0 Å². The number of nitrogens with one attached hydrogen (secondary N) is 1. The highest BCUT2D eigenvalue weighted by atomic mass is 79.9. The molecule has 2 rings (SSSR count). The Morgan fingerprint density at radius 3 is 2.65 bits per heavy atom. The van der Waals surface area contributed by atoms with Crippen molar-refractivity contribution in [3.8, 4) is 0 Å². The molecule has 1 amide bonds. The van der Waals surface area contributed by atoms with Crippen molar-refractivity contribution in [3.05, 3.63) is 33.8 Å². The van der Waals surface area contributed by atoms with Crippen LogP contribution in [0.3, 0.4) is 0 Å². The molecule has 0 spiro atoms. The fourth-order valence-electron chi connectivity index (χ4n) is 2.64. The average molecular weight is 362 g/mol. The number of piperidine rings is 1. The maximum absolute atomic E-state index is 12.5. The highest BCUT2D eigenvalue weighted by molar-refractivity contribution is 9.10. The van der Waals surface area contributed by atoms with Crippen molar-refractivity contribution in [1.82, 2.24) is 10.2 Å². The smallest absolute Gasteiger partial charge is 0.254 e. The topological polar surface area (TPSA) is 32.3 Å². The molecular formula is C15H22BrClN2O. The molecule has 1 heterocycles. The van der Waals surface area contributed by atoms with E-state index in [2.05, 4.69) is 21.2 Å². The molecule has 1 fully saturated rings. The molecule has 3 nitrogen and oxygen atoms in total. The van der Waals surface area contributed by atoms with Gasteiger partial charge in [0.05, 0.1) is 0 Å². The number of likely N-dealkylation sites (tertiary alicyclic amines) is 1. The number of halogens is 2. The van der Waals surface area contributed by atoms with Crippen molar-refractivity contribution in [1.29, 1.82) is 0 Å². The van der Waals surface area contributed by atoms with Gasteiger partial charge in [0.2, 0.25) is 0 Å². The van der Waals surface area contributed by atoms with Crippen molar-refractivity contribution in [2.75, 3.05) is 26.7 Å². The predicted molar refractivity (Wildman–Crippen MR) is 88.7 cm³/mol. The lowest BCUT2D eigenvalue weighted by molar-refractivity contribution is 0.0690. The summed E-state index contributed by atoms with van der Waals surface area (Å²) in [6, 6.07) is 5.82. The highest BCUT2D eigenvalue weighted by Gasteiger charge is 2.24. The maximum Gasteiger partial charge on any atom is 0.254 e. The number of carbonyl (C=O) groups is 1. The summed E-state index contributed by atoms with van der Waals surface area (Å²) in [6.07, 6.45) is 2.19. The Hall–Kier alpha value is -0.580. The van der Waals surface area contributed by atoms with Gasteiger partial charge in [0, 0.05) is 23.1 Å². The summed E-state index contributed by atoms with van der Waals surface area (Å²) in [7, 11) is 1.99. The van der Waals surface area contributed by atoms with Gasteiger partial charge in [-0.25, -0.2) is 0 Å². The molecule has 1 N–H and O–H groups in total. The van der Waals surface area contributed by atoms with Crippen LogP contribution in [-0.4, -0.2) is 37.5 Å². The normalized spacial score (nSPS) is 15.8. The number of hydrogen-bond acceptors (Lipinski definition) is 2. The van der Waals surface area contributed by atoms with Crippen LogP contribution in [0.1, 0.15) is 28.8 Å². The van der Waals surface area contributed by atoms with E-state index in [9.17, 15) is 4.79 Å². The van der Waals surface area contributed by atoms with Crippen LogP contribution >= 0.6 is 28.3 Å². The van der Waals surface area contributed by atoms with Crippen molar-refractivity contribution in [2.24, 2.45) is 5.92 Å². The van der Waals surface area contributed by atoms with Crippen LogP contribution in [-0.2, 0) is 0 Å². The molecule has 0 unspecified atom stereocenters. The molecule has 1 saturated heterocycles. The third-order valence-corrected chi connectivity index (χ3v) is 4.75. The molecule has 0 radical (unpaired) electrons. The number of carbonyl (C=O) groups excluding carboxylic acids is 1. The Labute approximate surface area is 135 Å². The number of rotatable bonds is 3. The van der Waals surface area contributed by atoms with Crippen LogP contribution in [0.2, 0.25) is 0 Å². The molecule has 0 saturated carbocycles. The molecule has 1 aliphatic heterocycles. The van der Waals surface area contributed by atoms with E-state index in [0.29, 0.717) is 5.92 Å². The van der Waals surface area contributed by atoms with Gasteiger partial charge in [0.25, 0.3) is 5.91 Å². The van der Waals surface area contributed by atoms with E-state index >= 15 is 0 Å². The number of benzene rings is 1. The van der Waals surface area contributed by atoms with Gasteiger partial charge in [0.1, 0.15) is 0 Å². The van der Waals surface area contributed by atoms with Gasteiger partial charge in [-0.15, -0.1) is 12.4 Å². The van der Waals surface area contributed by atoms with Gasteiger partial charge >= 0.3 is 0 Å². The van der Waals surface area contributed by atoms with Crippen LogP contribution in [0.5, 0.6) is 0 Å². The van der Waals surface area contributed by atoms with Crippen LogP contribution in [0.25, 0.3) is 0 Å². The lowest BCUT2D eigenvalue weighted by Gasteiger charge is -2.32. The molecule has 0 atom stereocenters. The van der Waals surface area contributed by atoms with E-state index in [1.807, 2.05) is 37.1 Å². The van der Waals surface area contributed by atoms with Gasteiger partial charge in [0.15, 0.2) is 0 Å². The SMILES string of the molecule is CNCC1CCN(C(=O)c2cccc(Br)c2C)CC1.Cl. The first-order valence-corrected chi connectivity index (χ1v) is 7.61. The van der Waals surface area contributed by atoms with Crippen LogP contribution in [0.15, 0.2) is 22.7 Å². The third-order valence-electron chi connectivity index (χ3n) is 3.89. The van der Waals surface area contributed by atoms with E-state index < -0.39 is 0 Å². The summed E-state index contributed by atoms with van der Waals surface area (Å²) in [4.78, 5) is 14.5. The van der Waals surface area contributed by atoms with E-state index in [1.54, 1.807) is 0 Å².